The third-order valence-corrected chi connectivity index (χ3v) is 4.01. The summed E-state index contributed by atoms with van der Waals surface area (Å²) in [4.78, 5) is 2.50. The van der Waals surface area contributed by atoms with Gasteiger partial charge < -0.3 is 9.84 Å². The van der Waals surface area contributed by atoms with Crippen molar-refractivity contribution in [3.63, 3.8) is 0 Å². The molecule has 1 aromatic rings. The zero-order chi connectivity index (χ0) is 16.1. The maximum atomic E-state index is 10.2. The molecule has 0 radical (unpaired) electrons. The highest BCUT2D eigenvalue weighted by Crippen LogP contribution is 2.31. The summed E-state index contributed by atoms with van der Waals surface area (Å²) in [5, 5.41) is 16.0. The molecule has 0 spiro atoms. The second-order valence-corrected chi connectivity index (χ2v) is 5.76. The average molecular weight is 365 g/mol. The van der Waals surface area contributed by atoms with Crippen molar-refractivity contribution >= 4 is 46.6 Å². The van der Waals surface area contributed by atoms with Gasteiger partial charge in [-0.3, -0.25) is 0 Å². The molecule has 0 saturated carbocycles. The fraction of sp³-hybridized carbons (Fsp3) is 0.357. The Kier molecular flexibility index (Phi) is 6.35. The molecule has 5 nitrogen and oxygen atoms in total. The summed E-state index contributed by atoms with van der Waals surface area (Å²) < 4.78 is 5.52. The molecule has 0 saturated heterocycles. The SMILES string of the molecule is Cc1cccc(N2N=C(OCCCNCl)C(Cl)=C(Cl)C2O)c1. The van der Waals surface area contributed by atoms with Crippen molar-refractivity contribution in [3.8, 4) is 0 Å². The number of nitrogens with one attached hydrogen (secondary N) is 1. The monoisotopic (exact) mass is 363 g/mol. The van der Waals surface area contributed by atoms with Gasteiger partial charge in [0, 0.05) is 6.54 Å². The van der Waals surface area contributed by atoms with Crippen molar-refractivity contribution in [1.29, 1.82) is 0 Å². The van der Waals surface area contributed by atoms with E-state index < -0.39 is 6.23 Å². The van der Waals surface area contributed by atoms with Crippen LogP contribution in [0.25, 0.3) is 0 Å². The first-order valence-corrected chi connectivity index (χ1v) is 7.82. The number of hydrogen-bond donors (Lipinski definition) is 2. The Morgan fingerprint density at radius 3 is 2.86 bits per heavy atom. The summed E-state index contributed by atoms with van der Waals surface area (Å²) in [5.41, 5.74) is 1.73. The maximum Gasteiger partial charge on any atom is 0.251 e. The van der Waals surface area contributed by atoms with Crippen LogP contribution in [0.15, 0.2) is 39.4 Å². The summed E-state index contributed by atoms with van der Waals surface area (Å²) in [5.74, 6) is 0.174. The third kappa shape index (κ3) is 4.06. The third-order valence-electron chi connectivity index (χ3n) is 2.97. The van der Waals surface area contributed by atoms with Crippen molar-refractivity contribution in [1.82, 2.24) is 4.84 Å². The summed E-state index contributed by atoms with van der Waals surface area (Å²) in [6.45, 7) is 2.91. The summed E-state index contributed by atoms with van der Waals surface area (Å²) in [6.07, 6.45) is -0.468. The minimum absolute atomic E-state index is 0.0728. The zero-order valence-corrected chi connectivity index (χ0v) is 14.2. The lowest BCUT2D eigenvalue weighted by Gasteiger charge is -2.29. The number of nitrogens with zero attached hydrogens (tertiary/aromatic N) is 2. The molecule has 0 aliphatic carbocycles. The Morgan fingerprint density at radius 1 is 1.41 bits per heavy atom. The smallest absolute Gasteiger partial charge is 0.251 e. The fourth-order valence-corrected chi connectivity index (χ4v) is 2.39. The van der Waals surface area contributed by atoms with Gasteiger partial charge in [-0.1, -0.05) is 35.3 Å². The van der Waals surface area contributed by atoms with Gasteiger partial charge in [0.05, 0.1) is 17.3 Å². The van der Waals surface area contributed by atoms with E-state index in [1.54, 1.807) is 0 Å². The number of ether oxygens (including phenoxy) is 1. The van der Waals surface area contributed by atoms with Crippen molar-refractivity contribution in [2.75, 3.05) is 18.2 Å². The number of aliphatic hydroxyl groups is 1. The predicted molar refractivity (Wildman–Crippen MR) is 90.3 cm³/mol. The quantitative estimate of drug-likeness (QED) is 0.622. The Hall–Kier alpha value is -0.980. The molecular weight excluding hydrogens is 349 g/mol. The lowest BCUT2D eigenvalue weighted by Crippen LogP contribution is -2.37. The van der Waals surface area contributed by atoms with E-state index in [2.05, 4.69) is 9.94 Å². The number of halogens is 3. The molecule has 2 N–H and O–H groups in total. The van der Waals surface area contributed by atoms with Crippen LogP contribution in [0, 0.1) is 6.92 Å². The van der Waals surface area contributed by atoms with Gasteiger partial charge in [0.15, 0.2) is 6.23 Å². The number of anilines is 1. The number of hydrogen-bond acceptors (Lipinski definition) is 5. The molecule has 0 bridgehead atoms. The van der Waals surface area contributed by atoms with Crippen LogP contribution < -0.4 is 9.84 Å². The number of aliphatic hydroxyl groups excluding tert-OH is 1. The van der Waals surface area contributed by atoms with Crippen LogP contribution in [0.4, 0.5) is 5.69 Å². The van der Waals surface area contributed by atoms with Crippen molar-refractivity contribution in [3.05, 3.63) is 39.9 Å². The van der Waals surface area contributed by atoms with Crippen LogP contribution in [0.2, 0.25) is 0 Å². The first kappa shape index (κ1) is 17.4. The summed E-state index contributed by atoms with van der Waals surface area (Å²) in [7, 11) is 0. The average Bonchev–Trinajstić information content (AvgIpc) is 2.51. The highest BCUT2D eigenvalue weighted by molar-refractivity contribution is 6.48. The molecule has 0 aromatic heterocycles. The fourth-order valence-electron chi connectivity index (χ4n) is 1.89. The number of hydrazone groups is 1. The maximum absolute atomic E-state index is 10.2. The molecule has 1 aliphatic heterocycles. The molecule has 22 heavy (non-hydrogen) atoms. The minimum atomic E-state index is -1.15. The Labute approximate surface area is 144 Å². The highest BCUT2D eigenvalue weighted by atomic mass is 35.5. The highest BCUT2D eigenvalue weighted by Gasteiger charge is 2.30. The molecule has 2 rings (SSSR count). The second kappa shape index (κ2) is 8.04. The molecular formula is C14H16Cl3N3O2. The van der Waals surface area contributed by atoms with E-state index in [4.69, 9.17) is 39.7 Å². The molecule has 0 amide bonds. The first-order chi connectivity index (χ1) is 10.5. The number of rotatable bonds is 5. The number of aryl methyl sites for hydroxylation is 1. The van der Waals surface area contributed by atoms with Crippen LogP contribution in [-0.2, 0) is 4.74 Å². The van der Waals surface area contributed by atoms with Gasteiger partial charge in [0.2, 0.25) is 0 Å². The van der Waals surface area contributed by atoms with E-state index in [0.717, 1.165) is 5.56 Å². The number of benzene rings is 1. The normalized spacial score (nSPS) is 18.5. The van der Waals surface area contributed by atoms with E-state index in [0.29, 0.717) is 25.3 Å². The molecule has 1 aliphatic rings. The topological polar surface area (TPSA) is 57.1 Å². The Balaban J connectivity index is 2.21. The minimum Gasteiger partial charge on any atom is -0.476 e. The van der Waals surface area contributed by atoms with E-state index in [-0.39, 0.29) is 16.0 Å². The molecule has 120 valence electrons. The second-order valence-electron chi connectivity index (χ2n) is 4.71. The molecule has 0 fully saturated rings. The van der Waals surface area contributed by atoms with Gasteiger partial charge in [-0.05, 0) is 42.8 Å². The summed E-state index contributed by atoms with van der Waals surface area (Å²) >= 11 is 17.6. The standard InChI is InChI=1S/C14H16Cl3N3O2/c1-9-4-2-5-10(8-9)20-14(21)12(16)11(15)13(19-20)22-7-3-6-18-17/h2,4-5,8,14,18,21H,3,6-7H2,1H3. The van der Waals surface area contributed by atoms with Crippen molar-refractivity contribution < 1.29 is 9.84 Å². The van der Waals surface area contributed by atoms with Gasteiger partial charge in [0.25, 0.3) is 5.90 Å². The molecule has 1 unspecified atom stereocenters. The zero-order valence-electron chi connectivity index (χ0n) is 11.9. The largest absolute Gasteiger partial charge is 0.476 e. The van der Waals surface area contributed by atoms with Gasteiger partial charge >= 0.3 is 0 Å². The van der Waals surface area contributed by atoms with Crippen LogP contribution in [0.3, 0.4) is 0 Å². The van der Waals surface area contributed by atoms with Gasteiger partial charge in [-0.15, -0.1) is 5.10 Å². The summed E-state index contributed by atoms with van der Waals surface area (Å²) in [6, 6.07) is 7.52. The van der Waals surface area contributed by atoms with Crippen LogP contribution in [-0.4, -0.2) is 30.4 Å². The van der Waals surface area contributed by atoms with Gasteiger partial charge in [-0.25, -0.2) is 9.84 Å². The molecule has 1 atom stereocenters. The molecule has 1 aromatic carbocycles. The van der Waals surface area contributed by atoms with Gasteiger partial charge in [-0.2, -0.15) is 0 Å². The lowest BCUT2D eigenvalue weighted by atomic mass is 10.2. The van der Waals surface area contributed by atoms with Gasteiger partial charge in [0.1, 0.15) is 5.03 Å². The van der Waals surface area contributed by atoms with E-state index >= 15 is 0 Å². The van der Waals surface area contributed by atoms with E-state index in [1.165, 1.54) is 5.01 Å². The molecule has 1 heterocycles. The van der Waals surface area contributed by atoms with Crippen LogP contribution in [0.1, 0.15) is 12.0 Å². The van der Waals surface area contributed by atoms with Crippen LogP contribution >= 0.6 is 35.0 Å². The predicted octanol–water partition coefficient (Wildman–Crippen LogP) is 3.29. The van der Waals surface area contributed by atoms with Crippen molar-refractivity contribution in [2.45, 2.75) is 19.6 Å². The Bertz CT molecular complexity index is 592. The van der Waals surface area contributed by atoms with Crippen molar-refractivity contribution in [2.24, 2.45) is 5.10 Å². The van der Waals surface area contributed by atoms with E-state index in [1.807, 2.05) is 31.2 Å². The van der Waals surface area contributed by atoms with E-state index in [9.17, 15) is 5.11 Å². The first-order valence-electron chi connectivity index (χ1n) is 6.69. The van der Waals surface area contributed by atoms with Crippen LogP contribution in [0.5, 0.6) is 0 Å². The Morgan fingerprint density at radius 2 is 2.18 bits per heavy atom. The molecule has 8 heteroatoms. The lowest BCUT2D eigenvalue weighted by molar-refractivity contribution is 0.205.